The summed E-state index contributed by atoms with van der Waals surface area (Å²) in [5, 5.41) is 5.55. The molecule has 2 amide bonds. The van der Waals surface area contributed by atoms with Crippen LogP contribution in [0.3, 0.4) is 0 Å². The number of amides is 2. The lowest BCUT2D eigenvalue weighted by molar-refractivity contribution is 0.0355. The number of alkyl carbamates (subject to hydrolysis) is 2. The first kappa shape index (κ1) is 31.4. The number of carbonyl (C=O) groups excluding carboxylic acids is 2. The molecular formula is C29H42N2O8. The van der Waals surface area contributed by atoms with Gasteiger partial charge in [0, 0.05) is 36.3 Å². The highest BCUT2D eigenvalue weighted by Crippen LogP contribution is 2.33. The Hall–Kier alpha value is -3.82. The van der Waals surface area contributed by atoms with E-state index in [9.17, 15) is 9.59 Å². The standard InChI is InChI=1S/C29H42N2O8/c1-28(2,20-14-22(34-5)18-23(15-20)35-6)38-26(32)30-12-10-9-11-13-31-27(33)39-29(3,4)21-16-24(36-7)19-25(17-21)37-8/h14-19H,9-13H2,1-8H3,(H,30,32)(H,31,33). The van der Waals surface area contributed by atoms with Gasteiger partial charge < -0.3 is 39.1 Å². The zero-order chi connectivity index (χ0) is 29.1. The van der Waals surface area contributed by atoms with E-state index in [0.29, 0.717) is 36.1 Å². The second-order valence-corrected chi connectivity index (χ2v) is 9.92. The Morgan fingerprint density at radius 3 is 1.15 bits per heavy atom. The molecule has 0 unspecified atom stereocenters. The topological polar surface area (TPSA) is 114 Å². The summed E-state index contributed by atoms with van der Waals surface area (Å²) in [5.41, 5.74) is -0.277. The van der Waals surface area contributed by atoms with Gasteiger partial charge in [0.1, 0.15) is 34.2 Å². The van der Waals surface area contributed by atoms with E-state index in [4.69, 9.17) is 28.4 Å². The number of nitrogens with one attached hydrogen (secondary N) is 2. The van der Waals surface area contributed by atoms with Gasteiger partial charge in [0.15, 0.2) is 0 Å². The first-order valence-electron chi connectivity index (χ1n) is 12.8. The number of unbranched alkanes of at least 4 members (excludes halogenated alkanes) is 2. The van der Waals surface area contributed by atoms with Crippen molar-refractivity contribution in [3.8, 4) is 23.0 Å². The summed E-state index contributed by atoms with van der Waals surface area (Å²) in [7, 11) is 6.27. The predicted molar refractivity (Wildman–Crippen MR) is 148 cm³/mol. The monoisotopic (exact) mass is 546 g/mol. The van der Waals surface area contributed by atoms with E-state index in [1.165, 1.54) is 0 Å². The molecule has 2 N–H and O–H groups in total. The molecule has 0 aliphatic carbocycles. The Kier molecular flexibility index (Phi) is 11.6. The fraction of sp³-hybridized carbons (Fsp3) is 0.517. The van der Waals surface area contributed by atoms with Gasteiger partial charge in [-0.25, -0.2) is 9.59 Å². The van der Waals surface area contributed by atoms with Crippen molar-refractivity contribution >= 4 is 12.2 Å². The number of ether oxygens (including phenoxy) is 6. The summed E-state index contributed by atoms with van der Waals surface area (Å²) in [4.78, 5) is 24.7. The maximum Gasteiger partial charge on any atom is 0.408 e. The van der Waals surface area contributed by atoms with Crippen LogP contribution in [0.25, 0.3) is 0 Å². The van der Waals surface area contributed by atoms with Crippen molar-refractivity contribution in [3.63, 3.8) is 0 Å². The summed E-state index contributed by atoms with van der Waals surface area (Å²) in [6.45, 7) is 8.11. The molecule has 39 heavy (non-hydrogen) atoms. The lowest BCUT2D eigenvalue weighted by Crippen LogP contribution is -2.34. The minimum atomic E-state index is -0.889. The third-order valence-corrected chi connectivity index (χ3v) is 6.18. The predicted octanol–water partition coefficient (Wildman–Crippen LogP) is 5.51. The summed E-state index contributed by atoms with van der Waals surface area (Å²) < 4.78 is 32.5. The number of carbonyl (C=O) groups is 2. The Morgan fingerprint density at radius 2 is 0.872 bits per heavy atom. The highest BCUT2D eigenvalue weighted by Gasteiger charge is 2.28. The van der Waals surface area contributed by atoms with Crippen LogP contribution in [0, 0.1) is 0 Å². The molecule has 0 saturated heterocycles. The van der Waals surface area contributed by atoms with Gasteiger partial charge in [0.05, 0.1) is 28.4 Å². The van der Waals surface area contributed by atoms with Crippen LogP contribution in [-0.2, 0) is 20.7 Å². The average molecular weight is 547 g/mol. The van der Waals surface area contributed by atoms with Gasteiger partial charge in [0.25, 0.3) is 0 Å². The fourth-order valence-corrected chi connectivity index (χ4v) is 3.77. The van der Waals surface area contributed by atoms with Gasteiger partial charge in [-0.1, -0.05) is 0 Å². The van der Waals surface area contributed by atoms with Crippen LogP contribution in [0.4, 0.5) is 9.59 Å². The largest absolute Gasteiger partial charge is 0.497 e. The molecular weight excluding hydrogens is 504 g/mol. The number of hydrogen-bond acceptors (Lipinski definition) is 8. The fourth-order valence-electron chi connectivity index (χ4n) is 3.77. The summed E-state index contributed by atoms with van der Waals surface area (Å²) >= 11 is 0. The molecule has 2 aromatic carbocycles. The number of methoxy groups -OCH3 is 4. The molecule has 0 atom stereocenters. The molecule has 0 heterocycles. The lowest BCUT2D eigenvalue weighted by atomic mass is 9.97. The Labute approximate surface area is 231 Å². The molecule has 216 valence electrons. The van der Waals surface area contributed by atoms with E-state index in [1.807, 2.05) is 24.3 Å². The third-order valence-electron chi connectivity index (χ3n) is 6.18. The first-order valence-corrected chi connectivity index (χ1v) is 12.8. The molecule has 0 saturated carbocycles. The van der Waals surface area contributed by atoms with Crippen LogP contribution in [0.2, 0.25) is 0 Å². The van der Waals surface area contributed by atoms with Gasteiger partial charge >= 0.3 is 12.2 Å². The molecule has 0 spiro atoms. The highest BCUT2D eigenvalue weighted by molar-refractivity contribution is 5.68. The van der Waals surface area contributed by atoms with Gasteiger partial charge in [-0.2, -0.15) is 0 Å². The number of benzene rings is 2. The Morgan fingerprint density at radius 1 is 0.564 bits per heavy atom. The average Bonchev–Trinajstić information content (AvgIpc) is 2.91. The van der Waals surface area contributed by atoms with Gasteiger partial charge in [-0.05, 0) is 71.2 Å². The Balaban J connectivity index is 1.71. The molecule has 10 heteroatoms. The third kappa shape index (κ3) is 9.77. The summed E-state index contributed by atoms with van der Waals surface area (Å²) in [6, 6.07) is 10.7. The summed E-state index contributed by atoms with van der Waals surface area (Å²) in [6.07, 6.45) is 1.23. The summed E-state index contributed by atoms with van der Waals surface area (Å²) in [5.74, 6) is 2.46. The van der Waals surface area contributed by atoms with Crippen molar-refractivity contribution in [3.05, 3.63) is 47.5 Å². The van der Waals surface area contributed by atoms with E-state index >= 15 is 0 Å². The molecule has 0 aliphatic heterocycles. The highest BCUT2D eigenvalue weighted by atomic mass is 16.6. The minimum absolute atomic E-state index is 0.450. The maximum atomic E-state index is 12.4. The smallest absolute Gasteiger partial charge is 0.408 e. The van der Waals surface area contributed by atoms with Crippen molar-refractivity contribution in [1.82, 2.24) is 10.6 Å². The molecule has 10 nitrogen and oxygen atoms in total. The van der Waals surface area contributed by atoms with E-state index in [1.54, 1.807) is 68.3 Å². The van der Waals surface area contributed by atoms with Crippen LogP contribution in [0.1, 0.15) is 58.1 Å². The van der Waals surface area contributed by atoms with Crippen LogP contribution in [0.5, 0.6) is 23.0 Å². The Bertz CT molecular complexity index is 971. The van der Waals surface area contributed by atoms with Gasteiger partial charge in [-0.3, -0.25) is 0 Å². The molecule has 0 fully saturated rings. The van der Waals surface area contributed by atoms with E-state index < -0.39 is 23.4 Å². The lowest BCUT2D eigenvalue weighted by Gasteiger charge is -2.26. The molecule has 2 aromatic rings. The molecule has 2 rings (SSSR count). The van der Waals surface area contributed by atoms with E-state index in [2.05, 4.69) is 10.6 Å². The zero-order valence-electron chi connectivity index (χ0n) is 24.3. The molecule has 0 radical (unpaired) electrons. The van der Waals surface area contributed by atoms with Crippen molar-refractivity contribution in [2.75, 3.05) is 41.5 Å². The SMILES string of the molecule is COc1cc(OC)cc(C(C)(C)OC(=O)NCCCCCNC(=O)OC(C)(C)c2cc(OC)cc(OC)c2)c1. The second-order valence-electron chi connectivity index (χ2n) is 9.92. The maximum absolute atomic E-state index is 12.4. The first-order chi connectivity index (χ1) is 18.4. The van der Waals surface area contributed by atoms with Crippen molar-refractivity contribution in [2.45, 2.75) is 58.2 Å². The quantitative estimate of drug-likeness (QED) is 0.298. The van der Waals surface area contributed by atoms with E-state index in [0.717, 1.165) is 30.4 Å². The van der Waals surface area contributed by atoms with Crippen LogP contribution >= 0.6 is 0 Å². The van der Waals surface area contributed by atoms with Crippen molar-refractivity contribution in [2.24, 2.45) is 0 Å². The normalized spacial score (nSPS) is 11.3. The number of rotatable bonds is 14. The van der Waals surface area contributed by atoms with Gasteiger partial charge in [-0.15, -0.1) is 0 Å². The van der Waals surface area contributed by atoms with Crippen molar-refractivity contribution in [1.29, 1.82) is 0 Å². The van der Waals surface area contributed by atoms with Crippen LogP contribution in [-0.4, -0.2) is 53.7 Å². The molecule has 0 aromatic heterocycles. The van der Waals surface area contributed by atoms with E-state index in [-0.39, 0.29) is 0 Å². The van der Waals surface area contributed by atoms with Crippen LogP contribution < -0.4 is 29.6 Å². The number of hydrogen-bond donors (Lipinski definition) is 2. The van der Waals surface area contributed by atoms with Crippen LogP contribution in [0.15, 0.2) is 36.4 Å². The van der Waals surface area contributed by atoms with Gasteiger partial charge in [0.2, 0.25) is 0 Å². The second kappa shape index (κ2) is 14.4. The van der Waals surface area contributed by atoms with Crippen molar-refractivity contribution < 1.29 is 38.0 Å². The minimum Gasteiger partial charge on any atom is -0.497 e. The molecule has 0 bridgehead atoms. The molecule has 0 aliphatic rings. The zero-order valence-corrected chi connectivity index (χ0v) is 24.3.